The van der Waals surface area contributed by atoms with Crippen LogP contribution in [0.5, 0.6) is 0 Å². The Morgan fingerprint density at radius 2 is 1.93 bits per heavy atom. The van der Waals surface area contributed by atoms with Crippen LogP contribution in [-0.4, -0.2) is 30.1 Å². The minimum absolute atomic E-state index is 0.467. The molecule has 1 aliphatic rings. The van der Waals surface area contributed by atoms with Gasteiger partial charge < -0.3 is 10.6 Å². The first kappa shape index (κ1) is 12.0. The van der Waals surface area contributed by atoms with Crippen LogP contribution >= 0.6 is 0 Å². The van der Waals surface area contributed by atoms with Crippen molar-refractivity contribution >= 4 is 0 Å². The Labute approximate surface area is 88.8 Å². The molecule has 2 nitrogen and oxygen atoms in total. The van der Waals surface area contributed by atoms with Crippen LogP contribution in [-0.2, 0) is 0 Å². The fourth-order valence-corrected chi connectivity index (χ4v) is 2.23. The number of unbranched alkanes of at least 4 members (excludes halogenated alkanes) is 2. The summed E-state index contributed by atoms with van der Waals surface area (Å²) >= 11 is 0. The van der Waals surface area contributed by atoms with Crippen LogP contribution in [0.15, 0.2) is 0 Å². The Morgan fingerprint density at radius 3 is 2.50 bits per heavy atom. The molecule has 0 radical (unpaired) electrons. The van der Waals surface area contributed by atoms with Crippen LogP contribution in [0, 0.1) is 0 Å². The Hall–Kier alpha value is -0.0800. The molecule has 84 valence electrons. The Bertz CT molecular complexity index is 139. The molecule has 1 atom stereocenters. The van der Waals surface area contributed by atoms with Gasteiger partial charge in [-0.25, -0.2) is 0 Å². The maximum Gasteiger partial charge on any atom is 0.00669 e. The standard InChI is InChI=1S/C12H26N2/c1-3-4-5-6-11(2)14-9-7-12(13)8-10-14/h11-12H,3-10,13H2,1-2H3. The van der Waals surface area contributed by atoms with E-state index >= 15 is 0 Å². The molecule has 0 amide bonds. The van der Waals surface area contributed by atoms with E-state index in [9.17, 15) is 0 Å². The monoisotopic (exact) mass is 198 g/mol. The average molecular weight is 198 g/mol. The summed E-state index contributed by atoms with van der Waals surface area (Å²) in [5.41, 5.74) is 5.89. The summed E-state index contributed by atoms with van der Waals surface area (Å²) in [6.07, 6.45) is 7.86. The van der Waals surface area contributed by atoms with Gasteiger partial charge in [0.25, 0.3) is 0 Å². The molecule has 2 heteroatoms. The van der Waals surface area contributed by atoms with Crippen LogP contribution < -0.4 is 5.73 Å². The third kappa shape index (κ3) is 3.97. The molecule has 0 aromatic carbocycles. The lowest BCUT2D eigenvalue weighted by molar-refractivity contribution is 0.154. The van der Waals surface area contributed by atoms with E-state index < -0.39 is 0 Å². The van der Waals surface area contributed by atoms with Gasteiger partial charge in [0, 0.05) is 12.1 Å². The van der Waals surface area contributed by atoms with Crippen LogP contribution in [0.25, 0.3) is 0 Å². The van der Waals surface area contributed by atoms with E-state index in [-0.39, 0.29) is 0 Å². The molecule has 0 aromatic rings. The smallest absolute Gasteiger partial charge is 0.00669 e. The van der Waals surface area contributed by atoms with Gasteiger partial charge in [0.1, 0.15) is 0 Å². The van der Waals surface area contributed by atoms with Gasteiger partial charge in [-0.15, -0.1) is 0 Å². The van der Waals surface area contributed by atoms with E-state index in [0.717, 1.165) is 6.04 Å². The molecule has 1 rings (SSSR count). The Kier molecular flexibility index (Phi) is 5.49. The summed E-state index contributed by atoms with van der Waals surface area (Å²) in [6.45, 7) is 7.07. The van der Waals surface area contributed by atoms with Crippen LogP contribution in [0.1, 0.15) is 52.4 Å². The van der Waals surface area contributed by atoms with Crippen molar-refractivity contribution in [1.29, 1.82) is 0 Å². The maximum absolute atomic E-state index is 5.89. The molecule has 2 N–H and O–H groups in total. The molecule has 1 unspecified atom stereocenters. The van der Waals surface area contributed by atoms with Gasteiger partial charge in [-0.3, -0.25) is 0 Å². The molecule has 1 aliphatic heterocycles. The topological polar surface area (TPSA) is 29.3 Å². The summed E-state index contributed by atoms with van der Waals surface area (Å²) < 4.78 is 0. The molecule has 14 heavy (non-hydrogen) atoms. The fraction of sp³-hybridized carbons (Fsp3) is 1.00. The van der Waals surface area contributed by atoms with E-state index in [2.05, 4.69) is 18.7 Å². The number of hydrogen-bond acceptors (Lipinski definition) is 2. The lowest BCUT2D eigenvalue weighted by Crippen LogP contribution is -2.43. The lowest BCUT2D eigenvalue weighted by atomic mass is 10.0. The first-order valence-electron chi connectivity index (χ1n) is 6.23. The molecular weight excluding hydrogens is 172 g/mol. The summed E-state index contributed by atoms with van der Waals surface area (Å²) in [6, 6.07) is 1.24. The second-order valence-corrected chi connectivity index (χ2v) is 4.72. The van der Waals surface area contributed by atoms with Gasteiger partial charge in [-0.2, -0.15) is 0 Å². The quantitative estimate of drug-likeness (QED) is 0.687. The third-order valence-corrected chi connectivity index (χ3v) is 3.42. The van der Waals surface area contributed by atoms with Gasteiger partial charge in [0.15, 0.2) is 0 Å². The number of hydrogen-bond donors (Lipinski definition) is 1. The molecule has 1 fully saturated rings. The van der Waals surface area contributed by atoms with Crippen molar-refractivity contribution in [1.82, 2.24) is 4.90 Å². The Balaban J connectivity index is 2.13. The zero-order valence-electron chi connectivity index (χ0n) is 9.84. The van der Waals surface area contributed by atoms with Crippen LogP contribution in [0.4, 0.5) is 0 Å². The van der Waals surface area contributed by atoms with E-state index in [4.69, 9.17) is 5.73 Å². The van der Waals surface area contributed by atoms with E-state index in [1.165, 1.54) is 51.6 Å². The fourth-order valence-electron chi connectivity index (χ4n) is 2.23. The summed E-state index contributed by atoms with van der Waals surface area (Å²) in [5, 5.41) is 0. The zero-order chi connectivity index (χ0) is 10.4. The normalized spacial score (nSPS) is 22.5. The lowest BCUT2D eigenvalue weighted by Gasteiger charge is -2.34. The molecule has 1 saturated heterocycles. The maximum atomic E-state index is 5.89. The number of nitrogens with zero attached hydrogens (tertiary/aromatic N) is 1. The molecule has 0 bridgehead atoms. The van der Waals surface area contributed by atoms with Gasteiger partial charge in [0.05, 0.1) is 0 Å². The molecule has 1 heterocycles. The molecule has 0 aliphatic carbocycles. The van der Waals surface area contributed by atoms with Crippen LogP contribution in [0.3, 0.4) is 0 Å². The van der Waals surface area contributed by atoms with Crippen LogP contribution in [0.2, 0.25) is 0 Å². The predicted octanol–water partition coefficient (Wildman–Crippen LogP) is 2.38. The van der Waals surface area contributed by atoms with E-state index in [0.29, 0.717) is 6.04 Å². The average Bonchev–Trinajstić information content (AvgIpc) is 2.19. The largest absolute Gasteiger partial charge is 0.328 e. The highest BCUT2D eigenvalue weighted by molar-refractivity contribution is 4.77. The summed E-state index contributed by atoms with van der Waals surface area (Å²) in [7, 11) is 0. The molecular formula is C12H26N2. The van der Waals surface area contributed by atoms with Crippen molar-refractivity contribution < 1.29 is 0 Å². The summed E-state index contributed by atoms with van der Waals surface area (Å²) in [5.74, 6) is 0. The highest BCUT2D eigenvalue weighted by Gasteiger charge is 2.19. The second-order valence-electron chi connectivity index (χ2n) is 4.72. The van der Waals surface area contributed by atoms with Crippen molar-refractivity contribution in [3.05, 3.63) is 0 Å². The second kappa shape index (κ2) is 6.41. The third-order valence-electron chi connectivity index (χ3n) is 3.42. The van der Waals surface area contributed by atoms with Gasteiger partial charge >= 0.3 is 0 Å². The highest BCUT2D eigenvalue weighted by atomic mass is 15.2. The van der Waals surface area contributed by atoms with Gasteiger partial charge in [-0.1, -0.05) is 26.2 Å². The minimum Gasteiger partial charge on any atom is -0.328 e. The first-order chi connectivity index (χ1) is 6.74. The SMILES string of the molecule is CCCCCC(C)N1CCC(N)CC1. The van der Waals surface area contributed by atoms with Crippen molar-refractivity contribution in [3.63, 3.8) is 0 Å². The zero-order valence-corrected chi connectivity index (χ0v) is 9.84. The van der Waals surface area contributed by atoms with Gasteiger partial charge in [0.2, 0.25) is 0 Å². The minimum atomic E-state index is 0.467. The molecule has 0 spiro atoms. The number of rotatable bonds is 5. The van der Waals surface area contributed by atoms with Crippen molar-refractivity contribution in [2.24, 2.45) is 5.73 Å². The van der Waals surface area contributed by atoms with E-state index in [1.807, 2.05) is 0 Å². The number of likely N-dealkylation sites (tertiary alicyclic amines) is 1. The van der Waals surface area contributed by atoms with Crippen molar-refractivity contribution in [3.8, 4) is 0 Å². The van der Waals surface area contributed by atoms with Crippen molar-refractivity contribution in [2.75, 3.05) is 13.1 Å². The Morgan fingerprint density at radius 1 is 1.29 bits per heavy atom. The molecule has 0 aromatic heterocycles. The van der Waals surface area contributed by atoms with E-state index in [1.54, 1.807) is 0 Å². The number of piperidine rings is 1. The van der Waals surface area contributed by atoms with Crippen molar-refractivity contribution in [2.45, 2.75) is 64.5 Å². The highest BCUT2D eigenvalue weighted by Crippen LogP contribution is 2.15. The first-order valence-corrected chi connectivity index (χ1v) is 6.23. The predicted molar refractivity (Wildman–Crippen MR) is 62.4 cm³/mol. The summed E-state index contributed by atoms with van der Waals surface area (Å²) in [4.78, 5) is 2.61. The van der Waals surface area contributed by atoms with Gasteiger partial charge in [-0.05, 0) is 39.3 Å². The number of nitrogens with two attached hydrogens (primary N) is 1. The molecule has 0 saturated carbocycles.